The van der Waals surface area contributed by atoms with Crippen molar-refractivity contribution in [2.45, 2.75) is 40.9 Å². The number of fused-ring (bicyclic) bond motifs is 2. The van der Waals surface area contributed by atoms with Gasteiger partial charge in [0.2, 0.25) is 23.6 Å². The maximum absolute atomic E-state index is 6.21. The average Bonchev–Trinajstić information content (AvgIpc) is 3.91. The van der Waals surface area contributed by atoms with Crippen molar-refractivity contribution < 1.29 is 18.3 Å². The van der Waals surface area contributed by atoms with E-state index >= 15 is 0 Å². The Labute approximate surface area is 300 Å². The molecule has 6 aromatic heterocycles. The van der Waals surface area contributed by atoms with Gasteiger partial charge in [0.1, 0.15) is 59.7 Å². The van der Waals surface area contributed by atoms with E-state index in [0.717, 1.165) is 22.3 Å². The summed E-state index contributed by atoms with van der Waals surface area (Å²) < 4.78 is 26.3. The van der Waals surface area contributed by atoms with Crippen molar-refractivity contribution in [2.75, 3.05) is 5.73 Å². The number of halogens is 1. The summed E-state index contributed by atoms with van der Waals surface area (Å²) in [4.78, 5) is 16.5. The van der Waals surface area contributed by atoms with E-state index in [2.05, 4.69) is 50.5 Å². The van der Waals surface area contributed by atoms with Crippen LogP contribution in [0.4, 0.5) is 5.82 Å². The molecular weight excluding hydrogens is 690 g/mol. The third-order valence-electron chi connectivity index (χ3n) is 8.02. The summed E-state index contributed by atoms with van der Waals surface area (Å²) >= 11 is 6.21. The van der Waals surface area contributed by atoms with Gasteiger partial charge in [-0.1, -0.05) is 23.7 Å². The fourth-order valence-electron chi connectivity index (χ4n) is 5.42. The molecule has 17 nitrogen and oxygen atoms in total. The van der Waals surface area contributed by atoms with E-state index < -0.39 is 0 Å². The fourth-order valence-corrected chi connectivity index (χ4v) is 5.65. The summed E-state index contributed by atoms with van der Waals surface area (Å²) in [5.41, 5.74) is 12.2. The Morgan fingerprint density at radius 2 is 1.13 bits per heavy atom. The summed E-state index contributed by atoms with van der Waals surface area (Å²) in [5.74, 6) is 3.71. The SMILES string of the molecule is Cc1nnc(-c2ccc(C)c(OCc3nn(C)c4ncnc(Cl)c34)c2)o1.Cc1nnc(-c2ccc(C)c(OCc3nn(C)c4ncnc(N)c34)c2)o1. The number of hydrogen-bond donors (Lipinski definition) is 1. The predicted molar refractivity (Wildman–Crippen MR) is 189 cm³/mol. The monoisotopic (exact) mass is 721 g/mol. The number of nitrogen functional groups attached to an aromatic ring is 1. The molecule has 18 heteroatoms. The van der Waals surface area contributed by atoms with Gasteiger partial charge in [-0.2, -0.15) is 10.2 Å². The third kappa shape index (κ3) is 6.80. The molecule has 0 aliphatic rings. The zero-order chi connectivity index (χ0) is 36.5. The lowest BCUT2D eigenvalue weighted by molar-refractivity contribution is 0.299. The first-order valence-electron chi connectivity index (χ1n) is 15.9. The van der Waals surface area contributed by atoms with E-state index in [4.69, 9.17) is 35.6 Å². The molecular formula is C34H32ClN13O4. The van der Waals surface area contributed by atoms with Gasteiger partial charge in [-0.05, 0) is 49.2 Å². The van der Waals surface area contributed by atoms with Crippen LogP contribution < -0.4 is 15.2 Å². The normalized spacial score (nSPS) is 11.2. The maximum Gasteiger partial charge on any atom is 0.247 e. The number of hydrogen-bond acceptors (Lipinski definition) is 15. The van der Waals surface area contributed by atoms with Gasteiger partial charge in [-0.25, -0.2) is 29.3 Å². The summed E-state index contributed by atoms with van der Waals surface area (Å²) in [6.07, 6.45) is 2.83. The Hall–Kier alpha value is -6.49. The van der Waals surface area contributed by atoms with Gasteiger partial charge in [0.25, 0.3) is 0 Å². The molecule has 0 unspecified atom stereocenters. The lowest BCUT2D eigenvalue weighted by Crippen LogP contribution is -2.01. The van der Waals surface area contributed by atoms with Gasteiger partial charge >= 0.3 is 0 Å². The zero-order valence-corrected chi connectivity index (χ0v) is 29.7. The van der Waals surface area contributed by atoms with Crippen LogP contribution in [0.2, 0.25) is 5.15 Å². The molecule has 264 valence electrons. The van der Waals surface area contributed by atoms with Crippen molar-refractivity contribution in [3.8, 4) is 34.4 Å². The minimum Gasteiger partial charge on any atom is -0.487 e. The van der Waals surface area contributed by atoms with E-state index in [1.807, 2.05) is 57.3 Å². The highest BCUT2D eigenvalue weighted by Gasteiger charge is 2.17. The second kappa shape index (κ2) is 14.0. The van der Waals surface area contributed by atoms with E-state index in [-0.39, 0.29) is 13.2 Å². The molecule has 2 aromatic carbocycles. The van der Waals surface area contributed by atoms with E-state index in [1.54, 1.807) is 30.3 Å². The van der Waals surface area contributed by atoms with Crippen LogP contribution in [0.25, 0.3) is 45.0 Å². The number of nitrogens with two attached hydrogens (primary N) is 1. The molecule has 0 saturated heterocycles. The van der Waals surface area contributed by atoms with Crippen LogP contribution in [0.15, 0.2) is 57.9 Å². The Kier molecular flexibility index (Phi) is 9.17. The van der Waals surface area contributed by atoms with Gasteiger partial charge < -0.3 is 24.0 Å². The summed E-state index contributed by atoms with van der Waals surface area (Å²) in [6.45, 7) is 7.90. The number of benzene rings is 2. The van der Waals surface area contributed by atoms with E-state index in [9.17, 15) is 0 Å². The molecule has 0 aliphatic heterocycles. The van der Waals surface area contributed by atoms with Crippen molar-refractivity contribution in [2.24, 2.45) is 14.1 Å². The van der Waals surface area contributed by atoms with Crippen LogP contribution in [0.3, 0.4) is 0 Å². The number of nitrogens with zero attached hydrogens (tertiary/aromatic N) is 12. The molecule has 0 radical (unpaired) electrons. The second-order valence-corrected chi connectivity index (χ2v) is 12.1. The second-order valence-electron chi connectivity index (χ2n) is 11.8. The average molecular weight is 722 g/mol. The van der Waals surface area contributed by atoms with Crippen molar-refractivity contribution >= 4 is 39.5 Å². The smallest absolute Gasteiger partial charge is 0.247 e. The largest absolute Gasteiger partial charge is 0.487 e. The molecule has 2 N–H and O–H groups in total. The first kappa shape index (κ1) is 34.0. The van der Waals surface area contributed by atoms with Gasteiger partial charge in [0, 0.05) is 39.1 Å². The standard InChI is InChI=1S/C17H15ClN6O2.C17H17N7O2/c2*1-9-4-5-11(17-22-21-10(2)26-17)6-13(9)25-7-12-14-15(18)19-8-20-16(14)24(3)23-12/h4-6,8H,7H2,1-3H3;4-6,8H,7H2,1-3H3,(H2,18,19,20). The van der Waals surface area contributed by atoms with Crippen molar-refractivity contribution in [1.29, 1.82) is 0 Å². The van der Waals surface area contributed by atoms with E-state index in [0.29, 0.717) is 79.5 Å². The molecule has 0 aliphatic carbocycles. The highest BCUT2D eigenvalue weighted by molar-refractivity contribution is 6.34. The topological polar surface area (TPSA) is 210 Å². The third-order valence-corrected chi connectivity index (χ3v) is 8.31. The van der Waals surface area contributed by atoms with Crippen molar-refractivity contribution in [3.63, 3.8) is 0 Å². The predicted octanol–water partition coefficient (Wildman–Crippen LogP) is 5.45. The maximum atomic E-state index is 6.21. The molecule has 0 saturated carbocycles. The van der Waals surface area contributed by atoms with Gasteiger partial charge in [-0.15, -0.1) is 20.4 Å². The molecule has 0 fully saturated rings. The fraction of sp³-hybridized carbons (Fsp3) is 0.235. The number of rotatable bonds is 8. The number of anilines is 1. The van der Waals surface area contributed by atoms with Crippen LogP contribution in [-0.4, -0.2) is 59.9 Å². The lowest BCUT2D eigenvalue weighted by Gasteiger charge is -2.09. The highest BCUT2D eigenvalue weighted by Crippen LogP contribution is 2.30. The summed E-state index contributed by atoms with van der Waals surface area (Å²) in [5, 5.41) is 26.4. The van der Waals surface area contributed by atoms with Crippen LogP contribution >= 0.6 is 11.6 Å². The summed E-state index contributed by atoms with van der Waals surface area (Å²) in [6, 6.07) is 11.4. The molecule has 6 heterocycles. The Bertz CT molecular complexity index is 2380. The minimum atomic E-state index is 0.234. The lowest BCUT2D eigenvalue weighted by atomic mass is 10.1. The van der Waals surface area contributed by atoms with E-state index in [1.165, 1.54) is 12.7 Å². The molecule has 0 bridgehead atoms. The van der Waals surface area contributed by atoms with Crippen molar-refractivity contribution in [1.82, 2.24) is 59.9 Å². The summed E-state index contributed by atoms with van der Waals surface area (Å²) in [7, 11) is 3.61. The van der Waals surface area contributed by atoms with Gasteiger partial charge in [0.15, 0.2) is 11.3 Å². The minimum absolute atomic E-state index is 0.234. The van der Waals surface area contributed by atoms with Crippen LogP contribution in [0, 0.1) is 27.7 Å². The quantitative estimate of drug-likeness (QED) is 0.193. The van der Waals surface area contributed by atoms with Crippen LogP contribution in [-0.2, 0) is 27.3 Å². The van der Waals surface area contributed by atoms with Crippen LogP contribution in [0.5, 0.6) is 11.5 Å². The number of aryl methyl sites for hydroxylation is 6. The van der Waals surface area contributed by atoms with Crippen molar-refractivity contribution in [3.05, 3.63) is 88.5 Å². The first-order chi connectivity index (χ1) is 25.0. The highest BCUT2D eigenvalue weighted by atomic mass is 35.5. The number of ether oxygens (including phenoxy) is 2. The Morgan fingerprint density at radius 1 is 0.654 bits per heavy atom. The molecule has 8 rings (SSSR count). The van der Waals surface area contributed by atoms with Gasteiger partial charge in [-0.3, -0.25) is 0 Å². The molecule has 0 amide bonds. The number of aromatic nitrogens is 12. The van der Waals surface area contributed by atoms with Gasteiger partial charge in [0.05, 0.1) is 10.8 Å². The molecule has 0 atom stereocenters. The Balaban J connectivity index is 0.000000162. The molecule has 0 spiro atoms. The Morgan fingerprint density at radius 3 is 1.63 bits per heavy atom. The van der Waals surface area contributed by atoms with Crippen LogP contribution in [0.1, 0.15) is 34.3 Å². The molecule has 52 heavy (non-hydrogen) atoms. The molecule has 8 aromatic rings. The first-order valence-corrected chi connectivity index (χ1v) is 16.3. The zero-order valence-electron chi connectivity index (χ0n) is 29.0.